The molecule has 1 aliphatic heterocycles. The lowest BCUT2D eigenvalue weighted by atomic mass is 10.2. The van der Waals surface area contributed by atoms with Crippen LogP contribution in [0.1, 0.15) is 31.6 Å². The molecular formula is C20H22N4O5S. The number of hydrogen-bond acceptors (Lipinski definition) is 7. The Morgan fingerprint density at radius 3 is 2.67 bits per heavy atom. The number of carbonyl (C=O) groups is 1. The van der Waals surface area contributed by atoms with E-state index in [1.165, 1.54) is 16.6 Å². The van der Waals surface area contributed by atoms with Crippen LogP contribution < -0.4 is 5.32 Å². The Bertz CT molecular complexity index is 1100. The zero-order chi connectivity index (χ0) is 21.0. The van der Waals surface area contributed by atoms with Gasteiger partial charge in [-0.2, -0.15) is 9.29 Å². The summed E-state index contributed by atoms with van der Waals surface area (Å²) in [7, 11) is -3.66. The Labute approximate surface area is 174 Å². The van der Waals surface area contributed by atoms with Crippen molar-refractivity contribution >= 4 is 21.6 Å². The van der Waals surface area contributed by atoms with E-state index in [1.54, 1.807) is 30.3 Å². The summed E-state index contributed by atoms with van der Waals surface area (Å²) in [5.74, 6) is 0.750. The number of nitrogens with one attached hydrogen (secondary N) is 1. The second kappa shape index (κ2) is 8.80. The van der Waals surface area contributed by atoms with E-state index < -0.39 is 10.0 Å². The summed E-state index contributed by atoms with van der Waals surface area (Å²) < 4.78 is 37.9. The summed E-state index contributed by atoms with van der Waals surface area (Å²) in [6, 6.07) is 9.89. The van der Waals surface area contributed by atoms with Crippen molar-refractivity contribution in [1.82, 2.24) is 14.4 Å². The van der Waals surface area contributed by atoms with Crippen molar-refractivity contribution in [2.24, 2.45) is 0 Å². The molecular weight excluding hydrogens is 408 g/mol. The van der Waals surface area contributed by atoms with Gasteiger partial charge in [-0.3, -0.25) is 4.79 Å². The number of piperidine rings is 1. The highest BCUT2D eigenvalue weighted by molar-refractivity contribution is 7.89. The van der Waals surface area contributed by atoms with E-state index in [9.17, 15) is 13.2 Å². The van der Waals surface area contributed by atoms with Crippen molar-refractivity contribution in [2.75, 3.05) is 18.4 Å². The van der Waals surface area contributed by atoms with Gasteiger partial charge in [0, 0.05) is 25.9 Å². The molecule has 0 spiro atoms. The standard InChI is InChI=1S/C20H22N4O5S/c25-18(10-11-19-22-20(23-29-19)16-8-6-14-28-16)21-15-7-2-3-9-17(15)30(26,27)24-12-4-1-5-13-24/h2-3,6-9,14H,1,4-5,10-13H2,(H,21,25). The molecule has 1 aliphatic rings. The van der Waals surface area contributed by atoms with E-state index in [-0.39, 0.29) is 29.3 Å². The first kappa shape index (κ1) is 20.3. The van der Waals surface area contributed by atoms with E-state index in [1.807, 2.05) is 0 Å². The average molecular weight is 430 g/mol. The number of carbonyl (C=O) groups excluding carboxylic acids is 1. The van der Waals surface area contributed by atoms with E-state index in [2.05, 4.69) is 15.5 Å². The smallest absolute Gasteiger partial charge is 0.245 e. The van der Waals surface area contributed by atoms with Crippen molar-refractivity contribution in [3.63, 3.8) is 0 Å². The van der Waals surface area contributed by atoms with Crippen molar-refractivity contribution in [3.05, 3.63) is 48.6 Å². The Balaban J connectivity index is 1.41. The van der Waals surface area contributed by atoms with Crippen LogP contribution in [-0.2, 0) is 21.2 Å². The molecule has 1 saturated heterocycles. The van der Waals surface area contributed by atoms with E-state index in [0.29, 0.717) is 30.6 Å². The van der Waals surface area contributed by atoms with Gasteiger partial charge in [0.1, 0.15) is 4.90 Å². The highest BCUT2D eigenvalue weighted by Crippen LogP contribution is 2.27. The Hall–Kier alpha value is -2.98. The summed E-state index contributed by atoms with van der Waals surface area (Å²) in [5, 5.41) is 6.53. The summed E-state index contributed by atoms with van der Waals surface area (Å²) in [6.07, 6.45) is 4.52. The topological polar surface area (TPSA) is 119 Å². The number of aromatic nitrogens is 2. The molecule has 1 aromatic carbocycles. The quantitative estimate of drug-likeness (QED) is 0.612. The molecule has 30 heavy (non-hydrogen) atoms. The van der Waals surface area contributed by atoms with Gasteiger partial charge in [-0.1, -0.05) is 23.7 Å². The second-order valence-electron chi connectivity index (χ2n) is 7.00. The van der Waals surface area contributed by atoms with Gasteiger partial charge in [0.2, 0.25) is 27.6 Å². The van der Waals surface area contributed by atoms with E-state index >= 15 is 0 Å². The SMILES string of the molecule is O=C(CCc1nc(-c2ccco2)no1)Nc1ccccc1S(=O)(=O)N1CCCCC1. The number of hydrogen-bond donors (Lipinski definition) is 1. The molecule has 158 valence electrons. The number of para-hydroxylation sites is 1. The first-order valence-electron chi connectivity index (χ1n) is 9.79. The average Bonchev–Trinajstić information content (AvgIpc) is 3.45. The van der Waals surface area contributed by atoms with Gasteiger partial charge in [0.25, 0.3) is 0 Å². The maximum atomic E-state index is 13.0. The van der Waals surface area contributed by atoms with Crippen LogP contribution in [0.15, 0.2) is 56.5 Å². The van der Waals surface area contributed by atoms with Crippen LogP contribution in [0.5, 0.6) is 0 Å². The molecule has 0 saturated carbocycles. The van der Waals surface area contributed by atoms with Gasteiger partial charge in [0.15, 0.2) is 5.76 Å². The number of anilines is 1. The third kappa shape index (κ3) is 4.44. The molecule has 0 bridgehead atoms. The Morgan fingerprint density at radius 1 is 1.10 bits per heavy atom. The van der Waals surface area contributed by atoms with Crippen molar-refractivity contribution in [2.45, 2.75) is 37.0 Å². The molecule has 0 aliphatic carbocycles. The number of furan rings is 1. The van der Waals surface area contributed by atoms with Gasteiger partial charge in [0.05, 0.1) is 12.0 Å². The minimum absolute atomic E-state index is 0.0673. The molecule has 4 rings (SSSR count). The summed E-state index contributed by atoms with van der Waals surface area (Å²) in [4.78, 5) is 16.8. The van der Waals surface area contributed by atoms with Gasteiger partial charge in [-0.15, -0.1) is 0 Å². The minimum atomic E-state index is -3.66. The summed E-state index contributed by atoms with van der Waals surface area (Å²) in [5.41, 5.74) is 0.273. The van der Waals surface area contributed by atoms with Crippen LogP contribution in [-0.4, -0.2) is 41.9 Å². The number of nitrogens with zero attached hydrogens (tertiary/aromatic N) is 3. The molecule has 3 heterocycles. The van der Waals surface area contributed by atoms with Crippen molar-refractivity contribution in [1.29, 1.82) is 0 Å². The summed E-state index contributed by atoms with van der Waals surface area (Å²) >= 11 is 0. The predicted molar refractivity (Wildman–Crippen MR) is 108 cm³/mol. The fourth-order valence-electron chi connectivity index (χ4n) is 3.33. The number of amides is 1. The third-order valence-electron chi connectivity index (χ3n) is 4.87. The molecule has 2 aromatic heterocycles. The van der Waals surface area contributed by atoms with Crippen LogP contribution in [0.2, 0.25) is 0 Å². The fourth-order valence-corrected chi connectivity index (χ4v) is 5.00. The second-order valence-corrected chi connectivity index (χ2v) is 8.90. The summed E-state index contributed by atoms with van der Waals surface area (Å²) in [6.45, 7) is 1.000. The zero-order valence-corrected chi connectivity index (χ0v) is 17.1. The third-order valence-corrected chi connectivity index (χ3v) is 6.83. The lowest BCUT2D eigenvalue weighted by Crippen LogP contribution is -2.36. The predicted octanol–water partition coefficient (Wildman–Crippen LogP) is 3.08. The monoisotopic (exact) mass is 430 g/mol. The molecule has 0 unspecified atom stereocenters. The first-order chi connectivity index (χ1) is 14.5. The molecule has 10 heteroatoms. The Kier molecular flexibility index (Phi) is 5.96. The molecule has 1 amide bonds. The van der Waals surface area contributed by atoms with E-state index in [4.69, 9.17) is 8.94 Å². The minimum Gasteiger partial charge on any atom is -0.461 e. The highest BCUT2D eigenvalue weighted by Gasteiger charge is 2.28. The number of rotatable bonds is 7. The number of benzene rings is 1. The van der Waals surface area contributed by atoms with Crippen molar-refractivity contribution < 1.29 is 22.2 Å². The van der Waals surface area contributed by atoms with Crippen molar-refractivity contribution in [3.8, 4) is 11.6 Å². The zero-order valence-electron chi connectivity index (χ0n) is 16.3. The van der Waals surface area contributed by atoms with Crippen LogP contribution in [0.4, 0.5) is 5.69 Å². The lowest BCUT2D eigenvalue weighted by Gasteiger charge is -2.26. The van der Waals surface area contributed by atoms with Gasteiger partial charge >= 0.3 is 0 Å². The van der Waals surface area contributed by atoms with Crippen LogP contribution >= 0.6 is 0 Å². The van der Waals surface area contributed by atoms with Gasteiger partial charge in [-0.05, 0) is 37.1 Å². The number of aryl methyl sites for hydroxylation is 1. The molecule has 3 aromatic rings. The largest absolute Gasteiger partial charge is 0.461 e. The maximum Gasteiger partial charge on any atom is 0.245 e. The normalized spacial score (nSPS) is 15.2. The Morgan fingerprint density at radius 2 is 1.90 bits per heavy atom. The molecule has 1 fully saturated rings. The van der Waals surface area contributed by atoms with Gasteiger partial charge in [-0.25, -0.2) is 8.42 Å². The molecule has 9 nitrogen and oxygen atoms in total. The maximum absolute atomic E-state index is 13.0. The van der Waals surface area contributed by atoms with Gasteiger partial charge < -0.3 is 14.3 Å². The lowest BCUT2D eigenvalue weighted by molar-refractivity contribution is -0.116. The number of sulfonamides is 1. The fraction of sp³-hybridized carbons (Fsp3) is 0.350. The van der Waals surface area contributed by atoms with Crippen LogP contribution in [0.25, 0.3) is 11.6 Å². The molecule has 0 radical (unpaired) electrons. The molecule has 1 N–H and O–H groups in total. The van der Waals surface area contributed by atoms with E-state index in [0.717, 1.165) is 19.3 Å². The van der Waals surface area contributed by atoms with Crippen LogP contribution in [0, 0.1) is 0 Å². The van der Waals surface area contributed by atoms with Crippen LogP contribution in [0.3, 0.4) is 0 Å². The molecule has 0 atom stereocenters. The highest BCUT2D eigenvalue weighted by atomic mass is 32.2. The first-order valence-corrected chi connectivity index (χ1v) is 11.2.